The summed E-state index contributed by atoms with van der Waals surface area (Å²) in [5.74, 6) is 2.37. The van der Waals surface area contributed by atoms with E-state index in [1.165, 1.54) is 57.3 Å². The molecule has 4 heteroatoms. The molecule has 27 heavy (non-hydrogen) atoms. The quantitative estimate of drug-likeness (QED) is 0.728. The van der Waals surface area contributed by atoms with Crippen molar-refractivity contribution < 1.29 is 4.79 Å². The molecule has 0 N–H and O–H groups in total. The fourth-order valence-corrected chi connectivity index (χ4v) is 6.43. The summed E-state index contributed by atoms with van der Waals surface area (Å²) in [6.45, 7) is 10.8. The van der Waals surface area contributed by atoms with E-state index in [2.05, 4.69) is 47.4 Å². The Bertz CT molecular complexity index is 629. The van der Waals surface area contributed by atoms with Crippen LogP contribution in [0.15, 0.2) is 16.8 Å². The lowest BCUT2D eigenvalue weighted by Crippen LogP contribution is -2.50. The summed E-state index contributed by atoms with van der Waals surface area (Å²) < 4.78 is 0. The summed E-state index contributed by atoms with van der Waals surface area (Å²) in [5.41, 5.74) is 1.17. The number of likely N-dealkylation sites (tertiary alicyclic amines) is 2. The number of piperidine rings is 1. The smallest absolute Gasteiger partial charge is 0.228 e. The number of rotatable bonds is 3. The number of hydrogen-bond donors (Lipinski definition) is 0. The molecule has 0 bridgehead atoms. The van der Waals surface area contributed by atoms with Crippen LogP contribution in [0.3, 0.4) is 0 Å². The van der Waals surface area contributed by atoms with Crippen LogP contribution in [0.4, 0.5) is 0 Å². The van der Waals surface area contributed by atoms with Gasteiger partial charge >= 0.3 is 0 Å². The zero-order valence-electron chi connectivity index (χ0n) is 17.3. The van der Waals surface area contributed by atoms with Crippen LogP contribution in [0.2, 0.25) is 0 Å². The zero-order valence-corrected chi connectivity index (χ0v) is 18.1. The average Bonchev–Trinajstić information content (AvgIpc) is 3.28. The first-order valence-corrected chi connectivity index (χ1v) is 11.9. The largest absolute Gasteiger partial charge is 0.338 e. The van der Waals surface area contributed by atoms with Crippen LogP contribution in [-0.4, -0.2) is 47.9 Å². The maximum Gasteiger partial charge on any atom is 0.228 e. The highest BCUT2D eigenvalue weighted by Gasteiger charge is 2.48. The molecular weight excluding hydrogens is 352 g/mol. The molecule has 2 aliphatic heterocycles. The summed E-state index contributed by atoms with van der Waals surface area (Å²) in [6, 6.07) is 2.72. The molecule has 150 valence electrons. The highest BCUT2D eigenvalue weighted by Crippen LogP contribution is 2.43. The van der Waals surface area contributed by atoms with Gasteiger partial charge in [0.05, 0.1) is 0 Å². The van der Waals surface area contributed by atoms with Gasteiger partial charge in [0.25, 0.3) is 0 Å². The van der Waals surface area contributed by atoms with Gasteiger partial charge in [-0.3, -0.25) is 4.79 Å². The van der Waals surface area contributed by atoms with Gasteiger partial charge in [0.1, 0.15) is 0 Å². The Morgan fingerprint density at radius 2 is 1.93 bits per heavy atom. The molecule has 0 radical (unpaired) electrons. The molecule has 3 fully saturated rings. The first kappa shape index (κ1) is 19.4. The molecule has 4 rings (SSSR count). The fourth-order valence-electron chi connectivity index (χ4n) is 5.71. The van der Waals surface area contributed by atoms with Crippen LogP contribution in [0.25, 0.3) is 0 Å². The Labute approximate surface area is 169 Å². The third-order valence-electron chi connectivity index (χ3n) is 7.13. The van der Waals surface area contributed by atoms with Crippen molar-refractivity contribution in [1.82, 2.24) is 9.80 Å². The van der Waals surface area contributed by atoms with Crippen molar-refractivity contribution in [3.63, 3.8) is 0 Å². The Kier molecular flexibility index (Phi) is 5.67. The fraction of sp³-hybridized carbons (Fsp3) is 0.783. The van der Waals surface area contributed by atoms with Crippen molar-refractivity contribution in [1.29, 1.82) is 0 Å². The van der Waals surface area contributed by atoms with E-state index in [1.807, 2.05) is 0 Å². The second kappa shape index (κ2) is 7.87. The van der Waals surface area contributed by atoms with Gasteiger partial charge in [-0.1, -0.05) is 40.0 Å². The van der Waals surface area contributed by atoms with E-state index >= 15 is 0 Å². The normalized spacial score (nSPS) is 30.5. The van der Waals surface area contributed by atoms with Crippen molar-refractivity contribution in [3.05, 3.63) is 22.4 Å². The first-order chi connectivity index (χ1) is 12.9. The number of nitrogens with zero attached hydrogens (tertiary/aromatic N) is 2. The molecule has 0 aromatic carbocycles. The summed E-state index contributed by atoms with van der Waals surface area (Å²) in [5, 5.41) is 4.51. The topological polar surface area (TPSA) is 23.6 Å². The Hall–Kier alpha value is -0.870. The Morgan fingerprint density at radius 3 is 2.59 bits per heavy atom. The van der Waals surface area contributed by atoms with E-state index in [0.29, 0.717) is 23.8 Å². The molecular formula is C23H36N2OS. The SMILES string of the molecule is CC(C)(C)C(=O)N1C[C@H](c2ccsc2)[C@H]2CN(CC3CCCCC3)CC[C@H]21. The molecule has 2 saturated heterocycles. The number of thiophene rings is 1. The van der Waals surface area contributed by atoms with Gasteiger partial charge in [0.15, 0.2) is 0 Å². The zero-order chi connectivity index (χ0) is 19.0. The maximum atomic E-state index is 13.2. The summed E-state index contributed by atoms with van der Waals surface area (Å²) in [6.07, 6.45) is 8.29. The molecule has 3 atom stereocenters. The van der Waals surface area contributed by atoms with Crippen LogP contribution >= 0.6 is 11.3 Å². The third-order valence-corrected chi connectivity index (χ3v) is 7.83. The van der Waals surface area contributed by atoms with E-state index in [-0.39, 0.29) is 5.41 Å². The van der Waals surface area contributed by atoms with Gasteiger partial charge in [-0.25, -0.2) is 0 Å². The molecule has 1 saturated carbocycles. The van der Waals surface area contributed by atoms with Crippen molar-refractivity contribution in [2.24, 2.45) is 17.3 Å². The van der Waals surface area contributed by atoms with Crippen LogP contribution < -0.4 is 0 Å². The second-order valence-corrected chi connectivity index (χ2v) is 10.9. The average molecular weight is 389 g/mol. The molecule has 0 spiro atoms. The summed E-state index contributed by atoms with van der Waals surface area (Å²) in [4.78, 5) is 18.1. The van der Waals surface area contributed by atoms with E-state index in [9.17, 15) is 4.79 Å². The molecule has 1 amide bonds. The van der Waals surface area contributed by atoms with Crippen molar-refractivity contribution in [2.45, 2.75) is 71.3 Å². The molecule has 1 aliphatic carbocycles. The second-order valence-electron chi connectivity index (χ2n) is 10.2. The first-order valence-electron chi connectivity index (χ1n) is 11.0. The monoisotopic (exact) mass is 388 g/mol. The predicted molar refractivity (Wildman–Crippen MR) is 113 cm³/mol. The van der Waals surface area contributed by atoms with Gasteiger partial charge < -0.3 is 9.80 Å². The maximum absolute atomic E-state index is 13.2. The van der Waals surface area contributed by atoms with Crippen LogP contribution in [0.1, 0.15) is 70.8 Å². The van der Waals surface area contributed by atoms with E-state index in [0.717, 1.165) is 18.9 Å². The van der Waals surface area contributed by atoms with Crippen molar-refractivity contribution in [2.75, 3.05) is 26.2 Å². The number of carbonyl (C=O) groups excluding carboxylic acids is 1. The summed E-state index contributed by atoms with van der Waals surface area (Å²) >= 11 is 1.79. The minimum Gasteiger partial charge on any atom is -0.338 e. The predicted octanol–water partition coefficient (Wildman–Crippen LogP) is 4.99. The molecule has 3 aliphatic rings. The highest BCUT2D eigenvalue weighted by atomic mass is 32.1. The Morgan fingerprint density at radius 1 is 1.15 bits per heavy atom. The molecule has 0 unspecified atom stereocenters. The minimum atomic E-state index is -0.284. The lowest BCUT2D eigenvalue weighted by Gasteiger charge is -2.41. The molecule has 3 heterocycles. The lowest BCUT2D eigenvalue weighted by atomic mass is 9.81. The Balaban J connectivity index is 1.50. The van der Waals surface area contributed by atoms with Gasteiger partial charge in [0, 0.05) is 49.5 Å². The van der Waals surface area contributed by atoms with E-state index in [1.54, 1.807) is 11.3 Å². The van der Waals surface area contributed by atoms with Crippen LogP contribution in [-0.2, 0) is 4.79 Å². The standard InChI is InChI=1S/C23H36N2OS/c1-23(2,3)22(26)25-15-19(18-10-12-27-16-18)20-14-24(11-9-21(20)25)13-17-7-5-4-6-8-17/h10,12,16-17,19-21H,4-9,11,13-15H2,1-3H3/t19-,20-,21-/m1/s1. The highest BCUT2D eigenvalue weighted by molar-refractivity contribution is 7.08. The summed E-state index contributed by atoms with van der Waals surface area (Å²) in [7, 11) is 0. The van der Waals surface area contributed by atoms with Gasteiger partial charge in [0.2, 0.25) is 5.91 Å². The van der Waals surface area contributed by atoms with Gasteiger partial charge in [-0.05, 0) is 47.6 Å². The van der Waals surface area contributed by atoms with E-state index in [4.69, 9.17) is 0 Å². The molecule has 1 aromatic rings. The number of hydrogen-bond acceptors (Lipinski definition) is 3. The number of carbonyl (C=O) groups is 1. The minimum absolute atomic E-state index is 0.284. The number of amides is 1. The number of fused-ring (bicyclic) bond motifs is 1. The lowest BCUT2D eigenvalue weighted by molar-refractivity contribution is -0.141. The van der Waals surface area contributed by atoms with Crippen LogP contribution in [0.5, 0.6) is 0 Å². The van der Waals surface area contributed by atoms with Crippen molar-refractivity contribution >= 4 is 17.2 Å². The molecule has 3 nitrogen and oxygen atoms in total. The van der Waals surface area contributed by atoms with Gasteiger partial charge in [-0.2, -0.15) is 11.3 Å². The van der Waals surface area contributed by atoms with E-state index < -0.39 is 0 Å². The van der Waals surface area contributed by atoms with Crippen LogP contribution in [0, 0.1) is 17.3 Å². The molecule has 1 aromatic heterocycles. The van der Waals surface area contributed by atoms with Crippen molar-refractivity contribution in [3.8, 4) is 0 Å². The third kappa shape index (κ3) is 4.12. The van der Waals surface area contributed by atoms with Gasteiger partial charge in [-0.15, -0.1) is 0 Å².